The highest BCUT2D eigenvalue weighted by Crippen LogP contribution is 2.36. The van der Waals surface area contributed by atoms with Gasteiger partial charge in [-0.1, -0.05) is 27.7 Å². The molecule has 4 heteroatoms. The molecule has 0 bridgehead atoms. The van der Waals surface area contributed by atoms with Crippen LogP contribution in [0.4, 0.5) is 0 Å². The highest BCUT2D eigenvalue weighted by atomic mass is 16.6. The standard InChI is InChI=1S/C14H24O4/c1-8(2)5-12(15)18-11-7-17-13-10(9(3)4)6-16-14(11)13/h8-11,13-14H,5-7H2,1-4H3. The van der Waals surface area contributed by atoms with E-state index in [9.17, 15) is 4.79 Å². The lowest BCUT2D eigenvalue weighted by Crippen LogP contribution is -2.34. The monoisotopic (exact) mass is 256 g/mol. The van der Waals surface area contributed by atoms with E-state index in [4.69, 9.17) is 14.2 Å². The molecule has 0 aliphatic carbocycles. The zero-order valence-corrected chi connectivity index (χ0v) is 11.7. The fourth-order valence-corrected chi connectivity index (χ4v) is 2.72. The van der Waals surface area contributed by atoms with Gasteiger partial charge < -0.3 is 14.2 Å². The average molecular weight is 256 g/mol. The summed E-state index contributed by atoms with van der Waals surface area (Å²) < 4.78 is 17.0. The third kappa shape index (κ3) is 2.86. The van der Waals surface area contributed by atoms with Gasteiger partial charge in [0.1, 0.15) is 6.10 Å². The van der Waals surface area contributed by atoms with Crippen molar-refractivity contribution in [1.29, 1.82) is 0 Å². The Bertz CT molecular complexity index is 300. The molecule has 4 atom stereocenters. The van der Waals surface area contributed by atoms with Crippen LogP contribution >= 0.6 is 0 Å². The molecule has 2 saturated heterocycles. The molecule has 0 amide bonds. The molecule has 0 aromatic heterocycles. The van der Waals surface area contributed by atoms with Gasteiger partial charge in [-0.2, -0.15) is 0 Å². The Morgan fingerprint density at radius 1 is 1.17 bits per heavy atom. The van der Waals surface area contributed by atoms with E-state index in [-0.39, 0.29) is 24.3 Å². The summed E-state index contributed by atoms with van der Waals surface area (Å²) in [5, 5.41) is 0. The van der Waals surface area contributed by atoms with E-state index in [1.807, 2.05) is 13.8 Å². The van der Waals surface area contributed by atoms with Gasteiger partial charge in [0.05, 0.1) is 19.3 Å². The Morgan fingerprint density at radius 3 is 2.44 bits per heavy atom. The first-order valence-electron chi connectivity index (χ1n) is 6.91. The predicted molar refractivity (Wildman–Crippen MR) is 67.1 cm³/mol. The first-order valence-corrected chi connectivity index (χ1v) is 6.91. The number of carbonyl (C=O) groups is 1. The zero-order valence-electron chi connectivity index (χ0n) is 11.7. The molecule has 104 valence electrons. The second-order valence-corrected chi connectivity index (χ2v) is 6.13. The van der Waals surface area contributed by atoms with Crippen LogP contribution in [0, 0.1) is 17.8 Å². The minimum atomic E-state index is -0.218. The van der Waals surface area contributed by atoms with Gasteiger partial charge in [0, 0.05) is 12.3 Å². The molecule has 2 heterocycles. The van der Waals surface area contributed by atoms with Crippen molar-refractivity contribution in [3.8, 4) is 0 Å². The van der Waals surface area contributed by atoms with Gasteiger partial charge in [0.15, 0.2) is 6.10 Å². The molecule has 2 fully saturated rings. The van der Waals surface area contributed by atoms with Crippen molar-refractivity contribution >= 4 is 5.97 Å². The van der Waals surface area contributed by atoms with Crippen LogP contribution in [0.25, 0.3) is 0 Å². The second-order valence-electron chi connectivity index (χ2n) is 6.13. The topological polar surface area (TPSA) is 44.8 Å². The second kappa shape index (κ2) is 5.57. The van der Waals surface area contributed by atoms with Crippen LogP contribution in [0.1, 0.15) is 34.1 Å². The number of hydrogen-bond donors (Lipinski definition) is 0. The molecule has 4 unspecified atom stereocenters. The van der Waals surface area contributed by atoms with E-state index in [2.05, 4.69) is 13.8 Å². The Balaban J connectivity index is 1.88. The molecule has 0 aromatic carbocycles. The van der Waals surface area contributed by atoms with Gasteiger partial charge in [0.2, 0.25) is 0 Å². The number of hydrogen-bond acceptors (Lipinski definition) is 4. The molecule has 4 nitrogen and oxygen atoms in total. The Labute approximate surface area is 109 Å². The SMILES string of the molecule is CC(C)CC(=O)OC1COC2C(C(C)C)COC12. The molecule has 0 saturated carbocycles. The van der Waals surface area contributed by atoms with Gasteiger partial charge in [-0.3, -0.25) is 4.79 Å². The smallest absolute Gasteiger partial charge is 0.306 e. The molecule has 2 aliphatic heterocycles. The summed E-state index contributed by atoms with van der Waals surface area (Å²) in [7, 11) is 0. The molecule has 2 aliphatic rings. The van der Waals surface area contributed by atoms with Crippen molar-refractivity contribution in [3.05, 3.63) is 0 Å². The molecule has 18 heavy (non-hydrogen) atoms. The predicted octanol–water partition coefficient (Wildman–Crippen LogP) is 2.01. The summed E-state index contributed by atoms with van der Waals surface area (Å²) >= 11 is 0. The van der Waals surface area contributed by atoms with E-state index in [0.29, 0.717) is 37.4 Å². The largest absolute Gasteiger partial charge is 0.457 e. The highest BCUT2D eigenvalue weighted by Gasteiger charge is 2.49. The van der Waals surface area contributed by atoms with Gasteiger partial charge in [-0.25, -0.2) is 0 Å². The summed E-state index contributed by atoms with van der Waals surface area (Å²) in [6.45, 7) is 9.56. The van der Waals surface area contributed by atoms with Crippen LogP contribution in [0.5, 0.6) is 0 Å². The molecular formula is C14H24O4. The summed E-state index contributed by atoms with van der Waals surface area (Å²) in [6, 6.07) is 0. The quantitative estimate of drug-likeness (QED) is 0.722. The maximum Gasteiger partial charge on any atom is 0.306 e. The average Bonchev–Trinajstić information content (AvgIpc) is 2.79. The first kappa shape index (κ1) is 13.8. The van der Waals surface area contributed by atoms with Gasteiger partial charge in [-0.15, -0.1) is 0 Å². The third-order valence-corrected chi connectivity index (χ3v) is 3.76. The van der Waals surface area contributed by atoms with Crippen LogP contribution < -0.4 is 0 Å². The fourth-order valence-electron chi connectivity index (χ4n) is 2.72. The van der Waals surface area contributed by atoms with Crippen LogP contribution in [0.2, 0.25) is 0 Å². The Morgan fingerprint density at radius 2 is 1.83 bits per heavy atom. The summed E-state index contributed by atoms with van der Waals surface area (Å²) in [5.74, 6) is 1.13. The molecule has 0 aromatic rings. The maximum atomic E-state index is 11.7. The van der Waals surface area contributed by atoms with Crippen molar-refractivity contribution in [3.63, 3.8) is 0 Å². The third-order valence-electron chi connectivity index (χ3n) is 3.76. The van der Waals surface area contributed by atoms with Crippen molar-refractivity contribution in [2.45, 2.75) is 52.4 Å². The van der Waals surface area contributed by atoms with Gasteiger partial charge >= 0.3 is 5.97 Å². The van der Waals surface area contributed by atoms with Crippen molar-refractivity contribution < 1.29 is 19.0 Å². The van der Waals surface area contributed by atoms with Crippen LogP contribution in [0.3, 0.4) is 0 Å². The molecule has 2 rings (SSSR count). The van der Waals surface area contributed by atoms with Gasteiger partial charge in [0.25, 0.3) is 0 Å². The molecule has 0 radical (unpaired) electrons. The maximum absolute atomic E-state index is 11.7. The van der Waals surface area contributed by atoms with Crippen molar-refractivity contribution in [1.82, 2.24) is 0 Å². The lowest BCUT2D eigenvalue weighted by molar-refractivity contribution is -0.154. The van der Waals surface area contributed by atoms with E-state index in [0.717, 1.165) is 0 Å². The van der Waals surface area contributed by atoms with Crippen molar-refractivity contribution in [2.24, 2.45) is 17.8 Å². The number of fused-ring (bicyclic) bond motifs is 1. The fraction of sp³-hybridized carbons (Fsp3) is 0.929. The Kier molecular flexibility index (Phi) is 4.28. The summed E-state index contributed by atoms with van der Waals surface area (Å²) in [5.41, 5.74) is 0. The van der Waals surface area contributed by atoms with E-state index in [1.54, 1.807) is 0 Å². The van der Waals surface area contributed by atoms with Crippen LogP contribution in [0.15, 0.2) is 0 Å². The van der Waals surface area contributed by atoms with Gasteiger partial charge in [-0.05, 0) is 11.8 Å². The molecule has 0 N–H and O–H groups in total. The lowest BCUT2D eigenvalue weighted by Gasteiger charge is -2.19. The van der Waals surface area contributed by atoms with E-state index < -0.39 is 0 Å². The zero-order chi connectivity index (χ0) is 13.3. The normalized spacial score (nSPS) is 35.2. The van der Waals surface area contributed by atoms with Crippen LogP contribution in [-0.4, -0.2) is 37.5 Å². The van der Waals surface area contributed by atoms with E-state index in [1.165, 1.54) is 0 Å². The molecular weight excluding hydrogens is 232 g/mol. The minimum Gasteiger partial charge on any atom is -0.457 e. The summed E-state index contributed by atoms with van der Waals surface area (Å²) in [4.78, 5) is 11.7. The number of rotatable bonds is 4. The minimum absolute atomic E-state index is 0.0616. The van der Waals surface area contributed by atoms with Crippen LogP contribution in [-0.2, 0) is 19.0 Å². The first-order chi connectivity index (χ1) is 8.49. The van der Waals surface area contributed by atoms with Crippen molar-refractivity contribution in [2.75, 3.05) is 13.2 Å². The van der Waals surface area contributed by atoms with E-state index >= 15 is 0 Å². The number of esters is 1. The summed E-state index contributed by atoms with van der Waals surface area (Å²) in [6.07, 6.45) is 0.280. The number of ether oxygens (including phenoxy) is 3. The highest BCUT2D eigenvalue weighted by molar-refractivity contribution is 5.69. The lowest BCUT2D eigenvalue weighted by atomic mass is 9.90. The Hall–Kier alpha value is -0.610. The molecule has 0 spiro atoms. The number of carbonyl (C=O) groups excluding carboxylic acids is 1.